The number of anilines is 1. The molecule has 178 valence electrons. The minimum atomic E-state index is -3.51. The maximum atomic E-state index is 14.0. The molecule has 2 aromatic rings. The monoisotopic (exact) mass is 475 g/mol. The molecule has 2 fully saturated rings. The van der Waals surface area contributed by atoms with E-state index in [2.05, 4.69) is 6.92 Å². The highest BCUT2D eigenvalue weighted by Crippen LogP contribution is 2.25. The van der Waals surface area contributed by atoms with Crippen molar-refractivity contribution in [1.82, 2.24) is 9.21 Å². The fourth-order valence-corrected chi connectivity index (χ4v) is 5.69. The summed E-state index contributed by atoms with van der Waals surface area (Å²) in [5.41, 5.74) is 0.551. The minimum Gasteiger partial charge on any atom is -0.484 e. The van der Waals surface area contributed by atoms with Crippen LogP contribution in [0.2, 0.25) is 0 Å². The molecule has 2 heterocycles. The Morgan fingerprint density at radius 2 is 1.61 bits per heavy atom. The topological polar surface area (TPSA) is 70.2 Å². The van der Waals surface area contributed by atoms with E-state index in [4.69, 9.17) is 4.74 Å². The van der Waals surface area contributed by atoms with Gasteiger partial charge in [-0.1, -0.05) is 19.1 Å². The van der Waals surface area contributed by atoms with Crippen molar-refractivity contribution in [3.63, 3.8) is 0 Å². The summed E-state index contributed by atoms with van der Waals surface area (Å²) in [4.78, 5) is 16.4. The molecular weight excluding hydrogens is 445 g/mol. The summed E-state index contributed by atoms with van der Waals surface area (Å²) in [7, 11) is -3.51. The van der Waals surface area contributed by atoms with Crippen LogP contribution in [-0.2, 0) is 14.8 Å². The summed E-state index contributed by atoms with van der Waals surface area (Å²) in [6.45, 7) is 5.17. The molecule has 2 saturated heterocycles. The maximum Gasteiger partial charge on any atom is 0.260 e. The Kier molecular flexibility index (Phi) is 7.19. The van der Waals surface area contributed by atoms with Crippen LogP contribution >= 0.6 is 0 Å². The van der Waals surface area contributed by atoms with Crippen LogP contribution in [0.3, 0.4) is 0 Å². The predicted molar refractivity (Wildman–Crippen MR) is 124 cm³/mol. The molecule has 0 aromatic heterocycles. The summed E-state index contributed by atoms with van der Waals surface area (Å²) >= 11 is 0. The first kappa shape index (κ1) is 23.5. The first-order chi connectivity index (χ1) is 15.8. The van der Waals surface area contributed by atoms with E-state index in [0.29, 0.717) is 56.6 Å². The lowest BCUT2D eigenvalue weighted by atomic mass is 10.0. The van der Waals surface area contributed by atoms with E-state index in [0.717, 1.165) is 12.8 Å². The maximum absolute atomic E-state index is 14.0. The zero-order valence-electron chi connectivity index (χ0n) is 18.8. The van der Waals surface area contributed by atoms with Gasteiger partial charge in [-0.2, -0.15) is 4.31 Å². The number of rotatable bonds is 6. The van der Waals surface area contributed by atoms with Crippen LogP contribution < -0.4 is 9.64 Å². The number of hydrogen-bond acceptors (Lipinski definition) is 5. The highest BCUT2D eigenvalue weighted by molar-refractivity contribution is 7.89. The molecule has 0 atom stereocenters. The van der Waals surface area contributed by atoms with Gasteiger partial charge in [0.25, 0.3) is 5.91 Å². The first-order valence-corrected chi connectivity index (χ1v) is 12.8. The minimum absolute atomic E-state index is 0.129. The number of carbonyl (C=O) groups excluding carboxylic acids is 1. The molecule has 0 unspecified atom stereocenters. The molecule has 7 nitrogen and oxygen atoms in total. The Balaban J connectivity index is 1.27. The van der Waals surface area contributed by atoms with Gasteiger partial charge in [0.2, 0.25) is 10.0 Å². The number of benzene rings is 2. The molecule has 0 spiro atoms. The molecule has 2 aliphatic rings. The lowest BCUT2D eigenvalue weighted by Gasteiger charge is -2.36. The molecule has 33 heavy (non-hydrogen) atoms. The van der Waals surface area contributed by atoms with Gasteiger partial charge >= 0.3 is 0 Å². The quantitative estimate of drug-likeness (QED) is 0.643. The van der Waals surface area contributed by atoms with Crippen LogP contribution in [0.5, 0.6) is 5.75 Å². The number of para-hydroxylation sites is 1. The van der Waals surface area contributed by atoms with E-state index in [-0.39, 0.29) is 23.2 Å². The Bertz CT molecular complexity index is 1060. The number of sulfonamides is 1. The van der Waals surface area contributed by atoms with Gasteiger partial charge in [0.05, 0.1) is 10.6 Å². The number of piperazine rings is 1. The molecular formula is C24H30FN3O4S. The van der Waals surface area contributed by atoms with Gasteiger partial charge in [0, 0.05) is 39.3 Å². The third kappa shape index (κ3) is 5.47. The van der Waals surface area contributed by atoms with Crippen molar-refractivity contribution >= 4 is 21.6 Å². The van der Waals surface area contributed by atoms with Crippen LogP contribution in [0.1, 0.15) is 19.8 Å². The number of hydrogen-bond donors (Lipinski definition) is 0. The van der Waals surface area contributed by atoms with Crippen molar-refractivity contribution in [3.05, 3.63) is 54.3 Å². The lowest BCUT2D eigenvalue weighted by molar-refractivity contribution is -0.133. The normalized spacial score (nSPS) is 18.4. The Morgan fingerprint density at radius 1 is 0.970 bits per heavy atom. The summed E-state index contributed by atoms with van der Waals surface area (Å²) < 4.78 is 46.8. The van der Waals surface area contributed by atoms with E-state index in [1.807, 2.05) is 4.90 Å². The van der Waals surface area contributed by atoms with Crippen molar-refractivity contribution in [2.45, 2.75) is 24.7 Å². The van der Waals surface area contributed by atoms with Gasteiger partial charge in [-0.15, -0.1) is 0 Å². The second kappa shape index (κ2) is 10.1. The average molecular weight is 476 g/mol. The van der Waals surface area contributed by atoms with Gasteiger partial charge in [0.15, 0.2) is 6.61 Å². The number of nitrogens with zero attached hydrogens (tertiary/aromatic N) is 3. The third-order valence-electron chi connectivity index (χ3n) is 6.39. The van der Waals surface area contributed by atoms with Crippen molar-refractivity contribution in [3.8, 4) is 5.75 Å². The number of carbonyl (C=O) groups is 1. The number of halogens is 1. The molecule has 0 bridgehead atoms. The molecule has 2 aromatic carbocycles. The van der Waals surface area contributed by atoms with Crippen LogP contribution in [0.15, 0.2) is 53.4 Å². The van der Waals surface area contributed by atoms with Gasteiger partial charge in [-0.3, -0.25) is 4.79 Å². The summed E-state index contributed by atoms with van der Waals surface area (Å²) in [6.07, 6.45) is 1.74. The summed E-state index contributed by atoms with van der Waals surface area (Å²) in [5, 5.41) is 0. The van der Waals surface area contributed by atoms with Crippen LogP contribution in [0, 0.1) is 11.7 Å². The zero-order chi connectivity index (χ0) is 23.4. The SMILES string of the molecule is CC1CCN(S(=O)(=O)c2ccc(OCC(=O)N3CCN(c4ccccc4F)CC3)cc2)CC1. The van der Waals surface area contributed by atoms with Crippen molar-refractivity contribution in [1.29, 1.82) is 0 Å². The average Bonchev–Trinajstić information content (AvgIpc) is 2.83. The first-order valence-electron chi connectivity index (χ1n) is 11.3. The van der Waals surface area contributed by atoms with Crippen LogP contribution in [0.25, 0.3) is 0 Å². The van der Waals surface area contributed by atoms with E-state index in [1.54, 1.807) is 35.2 Å². The summed E-state index contributed by atoms with van der Waals surface area (Å²) in [6, 6.07) is 12.9. The summed E-state index contributed by atoms with van der Waals surface area (Å²) in [5.74, 6) is 0.579. The molecule has 0 N–H and O–H groups in total. The van der Waals surface area contributed by atoms with Gasteiger partial charge < -0.3 is 14.5 Å². The van der Waals surface area contributed by atoms with Crippen molar-refractivity contribution in [2.75, 3.05) is 50.8 Å². The second-order valence-corrected chi connectivity index (χ2v) is 10.6. The van der Waals surface area contributed by atoms with Crippen molar-refractivity contribution in [2.24, 2.45) is 5.92 Å². The van der Waals surface area contributed by atoms with Gasteiger partial charge in [-0.25, -0.2) is 12.8 Å². The Labute approximate surface area is 194 Å². The van der Waals surface area contributed by atoms with E-state index < -0.39 is 10.0 Å². The Morgan fingerprint density at radius 3 is 2.24 bits per heavy atom. The third-order valence-corrected chi connectivity index (χ3v) is 8.30. The highest BCUT2D eigenvalue weighted by atomic mass is 32.2. The molecule has 9 heteroatoms. The zero-order valence-corrected chi connectivity index (χ0v) is 19.6. The highest BCUT2D eigenvalue weighted by Gasteiger charge is 2.28. The van der Waals surface area contributed by atoms with Crippen LogP contribution in [-0.4, -0.2) is 69.4 Å². The smallest absolute Gasteiger partial charge is 0.260 e. The molecule has 2 aliphatic heterocycles. The molecule has 4 rings (SSSR count). The van der Waals surface area contributed by atoms with Gasteiger partial charge in [-0.05, 0) is 55.2 Å². The van der Waals surface area contributed by atoms with Crippen molar-refractivity contribution < 1.29 is 22.3 Å². The second-order valence-electron chi connectivity index (χ2n) is 8.67. The lowest BCUT2D eigenvalue weighted by Crippen LogP contribution is -2.50. The van der Waals surface area contributed by atoms with E-state index >= 15 is 0 Å². The van der Waals surface area contributed by atoms with Gasteiger partial charge in [0.1, 0.15) is 11.6 Å². The Hall–Kier alpha value is -2.65. The standard InChI is InChI=1S/C24H30FN3O4S/c1-19-10-12-28(13-11-19)33(30,31)21-8-6-20(7-9-21)32-18-24(29)27-16-14-26(15-17-27)23-5-3-2-4-22(23)25/h2-9,19H,10-18H2,1H3. The molecule has 0 radical (unpaired) electrons. The van der Waals surface area contributed by atoms with Crippen LogP contribution in [0.4, 0.5) is 10.1 Å². The number of amides is 1. The number of ether oxygens (including phenoxy) is 1. The fourth-order valence-electron chi connectivity index (χ4n) is 4.22. The molecule has 1 amide bonds. The molecule has 0 aliphatic carbocycles. The largest absolute Gasteiger partial charge is 0.484 e. The van der Waals surface area contributed by atoms with E-state index in [1.165, 1.54) is 22.5 Å². The molecule has 0 saturated carbocycles. The van der Waals surface area contributed by atoms with E-state index in [9.17, 15) is 17.6 Å². The fraction of sp³-hybridized carbons (Fsp3) is 0.458. The number of piperidine rings is 1. The predicted octanol–water partition coefficient (Wildman–Crippen LogP) is 2.97.